The number of rotatable bonds is 10. The number of hydrogen-bond donors (Lipinski definition) is 8. The molecule has 42 heavy (non-hydrogen) atoms. The average Bonchev–Trinajstić information content (AvgIpc) is 2.92. The summed E-state index contributed by atoms with van der Waals surface area (Å²) >= 11 is 1.96. The Labute approximate surface area is 259 Å². The van der Waals surface area contributed by atoms with Crippen LogP contribution in [0.15, 0.2) is 30.3 Å². The Hall–Kier alpha value is -3.47. The molecule has 0 aliphatic carbocycles. The summed E-state index contributed by atoms with van der Waals surface area (Å²) in [5, 5.41) is 23.5. The summed E-state index contributed by atoms with van der Waals surface area (Å²) in [7, 11) is 1.71. The maximum absolute atomic E-state index is 13.7. The van der Waals surface area contributed by atoms with E-state index < -0.39 is 60.4 Å². The summed E-state index contributed by atoms with van der Waals surface area (Å²) < 4.78 is 0.322. The van der Waals surface area contributed by atoms with Crippen molar-refractivity contribution in [2.45, 2.75) is 63.8 Å². The van der Waals surface area contributed by atoms with Crippen LogP contribution in [0, 0.1) is 11.3 Å². The van der Waals surface area contributed by atoms with Gasteiger partial charge in [0.2, 0.25) is 29.5 Å². The van der Waals surface area contributed by atoms with E-state index in [0.717, 1.165) is 5.56 Å². The largest absolute Gasteiger partial charge is 0.370 e. The van der Waals surface area contributed by atoms with E-state index in [4.69, 9.17) is 11.1 Å². The zero-order valence-corrected chi connectivity index (χ0v) is 26.3. The van der Waals surface area contributed by atoms with Crippen LogP contribution in [0.2, 0.25) is 0 Å². The minimum atomic E-state index is -1.22. The van der Waals surface area contributed by atoms with Gasteiger partial charge in [0.05, 0.1) is 29.7 Å². The highest BCUT2D eigenvalue weighted by Crippen LogP contribution is 2.16. The molecule has 0 spiro atoms. The normalized spacial score (nSPS) is 22.7. The molecule has 14 nitrogen and oxygen atoms in total. The predicted octanol–water partition coefficient (Wildman–Crippen LogP) is -1.11. The zero-order valence-electron chi connectivity index (χ0n) is 24.2. The number of nitrogens with one attached hydrogen (secondary N) is 7. The summed E-state index contributed by atoms with van der Waals surface area (Å²) in [5.41, 5.74) is 6.24. The summed E-state index contributed by atoms with van der Waals surface area (Å²) in [4.78, 5) is 67.3. The molecule has 2 rings (SSSR count). The molecule has 0 bridgehead atoms. The smallest absolute Gasteiger partial charge is 0.244 e. The van der Waals surface area contributed by atoms with Crippen molar-refractivity contribution in [1.29, 1.82) is 5.41 Å². The Bertz CT molecular complexity index is 1100. The van der Waals surface area contributed by atoms with Gasteiger partial charge in [-0.1, -0.05) is 66.8 Å². The van der Waals surface area contributed by atoms with Crippen LogP contribution < -0.4 is 37.6 Å². The van der Waals surface area contributed by atoms with E-state index in [9.17, 15) is 24.0 Å². The molecule has 1 heterocycles. The number of alkyl halides is 1. The number of halogens is 1. The molecule has 1 saturated heterocycles. The van der Waals surface area contributed by atoms with Gasteiger partial charge in [0.15, 0.2) is 5.96 Å². The van der Waals surface area contributed by atoms with Crippen molar-refractivity contribution >= 4 is 58.1 Å². The van der Waals surface area contributed by atoms with E-state index in [-0.39, 0.29) is 24.7 Å². The van der Waals surface area contributed by atoms with Crippen molar-refractivity contribution < 1.29 is 24.0 Å². The quantitative estimate of drug-likeness (QED) is 0.0374. The summed E-state index contributed by atoms with van der Waals surface area (Å²) in [6, 6.07) is 6.48. The molecular formula is C27H42IN9O5. The Morgan fingerprint density at radius 2 is 1.74 bits per heavy atom. The zero-order chi connectivity index (χ0) is 31.2. The molecule has 1 aromatic rings. The van der Waals surface area contributed by atoms with E-state index in [1.165, 1.54) is 0 Å². The molecular weight excluding hydrogens is 657 g/mol. The topological polar surface area (TPSA) is 211 Å². The fourth-order valence-electron chi connectivity index (χ4n) is 4.68. The van der Waals surface area contributed by atoms with Crippen LogP contribution in [0.25, 0.3) is 0 Å². The SMILES string of the molecule is CC(C)[C@H]1C(=O)N[C@@H](CCCNC(=N)N)C(=O)NCC(=O)N[C@@H](CC(=O)NCI)C(=O)N[C@H](Cc2ccccc2)N1C. The highest BCUT2D eigenvalue weighted by Gasteiger charge is 2.36. The second-order valence-corrected chi connectivity index (χ2v) is 11.2. The minimum absolute atomic E-state index is 0.208. The Kier molecular flexibility index (Phi) is 14.5. The molecule has 4 atom stereocenters. The maximum atomic E-state index is 13.7. The van der Waals surface area contributed by atoms with E-state index in [1.54, 1.807) is 11.9 Å². The van der Waals surface area contributed by atoms with Gasteiger partial charge >= 0.3 is 0 Å². The fraction of sp³-hybridized carbons (Fsp3) is 0.556. The molecule has 0 saturated carbocycles. The maximum Gasteiger partial charge on any atom is 0.244 e. The number of carbonyl (C=O) groups is 5. The summed E-state index contributed by atoms with van der Waals surface area (Å²) in [5.74, 6) is -3.11. The molecule has 232 valence electrons. The van der Waals surface area contributed by atoms with Crippen molar-refractivity contribution in [3.63, 3.8) is 0 Å². The third kappa shape index (κ3) is 11.4. The first-order chi connectivity index (χ1) is 19.9. The minimum Gasteiger partial charge on any atom is -0.370 e. The lowest BCUT2D eigenvalue weighted by molar-refractivity contribution is -0.137. The highest BCUT2D eigenvalue weighted by molar-refractivity contribution is 14.1. The Morgan fingerprint density at radius 3 is 2.36 bits per heavy atom. The fourth-order valence-corrected chi connectivity index (χ4v) is 5.11. The lowest BCUT2D eigenvalue weighted by Gasteiger charge is -2.38. The summed E-state index contributed by atoms with van der Waals surface area (Å²) in [6.07, 6.45) is -0.0403. The van der Waals surface area contributed by atoms with Crippen molar-refractivity contribution in [2.75, 3.05) is 24.7 Å². The number of guanidine groups is 1. The lowest BCUT2D eigenvalue weighted by atomic mass is 9.98. The van der Waals surface area contributed by atoms with Crippen LogP contribution in [-0.2, 0) is 30.4 Å². The molecule has 9 N–H and O–H groups in total. The molecule has 1 aliphatic heterocycles. The van der Waals surface area contributed by atoms with E-state index >= 15 is 0 Å². The van der Waals surface area contributed by atoms with E-state index in [1.807, 2.05) is 66.8 Å². The van der Waals surface area contributed by atoms with Gasteiger partial charge in [-0.15, -0.1) is 0 Å². The molecule has 0 radical (unpaired) electrons. The van der Waals surface area contributed by atoms with Gasteiger partial charge in [-0.25, -0.2) is 0 Å². The van der Waals surface area contributed by atoms with Crippen LogP contribution >= 0.6 is 22.6 Å². The monoisotopic (exact) mass is 699 g/mol. The third-order valence-corrected chi connectivity index (χ3v) is 7.14. The van der Waals surface area contributed by atoms with Gasteiger partial charge < -0.3 is 37.6 Å². The lowest BCUT2D eigenvalue weighted by Crippen LogP contribution is -2.63. The van der Waals surface area contributed by atoms with Gasteiger partial charge in [-0.3, -0.25) is 34.3 Å². The molecule has 5 amide bonds. The van der Waals surface area contributed by atoms with Crippen LogP contribution in [0.3, 0.4) is 0 Å². The van der Waals surface area contributed by atoms with Crippen LogP contribution in [0.5, 0.6) is 0 Å². The summed E-state index contributed by atoms with van der Waals surface area (Å²) in [6.45, 7) is 3.59. The van der Waals surface area contributed by atoms with Gasteiger partial charge in [0.25, 0.3) is 0 Å². The first kappa shape index (κ1) is 34.7. The predicted molar refractivity (Wildman–Crippen MR) is 166 cm³/mol. The number of nitrogens with zero attached hydrogens (tertiary/aromatic N) is 1. The second-order valence-electron chi connectivity index (χ2n) is 10.4. The third-order valence-electron chi connectivity index (χ3n) is 6.76. The molecule has 1 aromatic carbocycles. The molecule has 0 unspecified atom stereocenters. The Morgan fingerprint density at radius 1 is 1.05 bits per heavy atom. The van der Waals surface area contributed by atoms with Crippen LogP contribution in [0.4, 0.5) is 0 Å². The van der Waals surface area contributed by atoms with Gasteiger partial charge in [0, 0.05) is 13.0 Å². The number of hydrogen-bond acceptors (Lipinski definition) is 7. The first-order valence-corrected chi connectivity index (χ1v) is 15.3. The van der Waals surface area contributed by atoms with Crippen molar-refractivity contribution in [1.82, 2.24) is 36.8 Å². The number of likely N-dealkylation sites (N-methyl/N-ethyl adjacent to an activating group) is 1. The molecule has 0 aromatic heterocycles. The van der Waals surface area contributed by atoms with Gasteiger partial charge in [-0.05, 0) is 31.4 Å². The van der Waals surface area contributed by atoms with Crippen molar-refractivity contribution in [2.24, 2.45) is 11.7 Å². The van der Waals surface area contributed by atoms with Gasteiger partial charge in [0.1, 0.15) is 12.1 Å². The second kappa shape index (κ2) is 17.5. The Balaban J connectivity index is 2.46. The first-order valence-electron chi connectivity index (χ1n) is 13.8. The highest BCUT2D eigenvalue weighted by atomic mass is 127. The van der Waals surface area contributed by atoms with Crippen LogP contribution in [0.1, 0.15) is 38.7 Å². The van der Waals surface area contributed by atoms with Crippen LogP contribution in [-0.4, -0.2) is 89.4 Å². The van der Waals surface area contributed by atoms with E-state index in [2.05, 4.69) is 31.9 Å². The standard InChI is InChI=1S/C27H42IN9O5/c1-16(2)23-26(42)35-18(10-7-11-31-27(29)30)24(40)32-14-22(39)34-19(13-21(38)33-15-28)25(41)36-20(37(23)3)12-17-8-5-4-6-9-17/h4-6,8-9,16,18-20,23H,7,10-15H2,1-3H3,(H,32,40)(H,33,38)(H,34,39)(H,35,42)(H,36,41)(H4,29,30,31)/t18-,19-,20-,23-/m0/s1. The molecule has 1 fully saturated rings. The van der Waals surface area contributed by atoms with Gasteiger partial charge in [-0.2, -0.15) is 0 Å². The number of benzene rings is 1. The number of carbonyl (C=O) groups excluding carboxylic acids is 5. The van der Waals surface area contributed by atoms with E-state index in [0.29, 0.717) is 23.9 Å². The van der Waals surface area contributed by atoms with Crippen molar-refractivity contribution in [3.8, 4) is 0 Å². The number of nitrogens with two attached hydrogens (primary N) is 1. The van der Waals surface area contributed by atoms with Crippen molar-refractivity contribution in [3.05, 3.63) is 35.9 Å². The average molecular weight is 700 g/mol. The molecule has 1 aliphatic rings. The molecule has 15 heteroatoms. The number of amides is 5.